The molecule has 0 radical (unpaired) electrons. The van der Waals surface area contributed by atoms with E-state index in [0.29, 0.717) is 11.1 Å². The number of nitro benzene ring substituents is 1. The first-order valence-electron chi connectivity index (χ1n) is 8.19. The molecule has 7 nitrogen and oxygen atoms in total. The third kappa shape index (κ3) is 5.83. The summed E-state index contributed by atoms with van der Waals surface area (Å²) in [7, 11) is 0. The van der Waals surface area contributed by atoms with Crippen molar-refractivity contribution in [2.24, 2.45) is 0 Å². The highest BCUT2D eigenvalue weighted by Crippen LogP contribution is 2.29. The number of amides is 1. The summed E-state index contributed by atoms with van der Waals surface area (Å²) in [5.74, 6) is 5.73. The van der Waals surface area contributed by atoms with Crippen LogP contribution in [0.3, 0.4) is 0 Å². The minimum absolute atomic E-state index is 0.0661. The maximum atomic E-state index is 12.0. The molecule has 0 unspecified atom stereocenters. The fourth-order valence-corrected chi connectivity index (χ4v) is 2.21. The van der Waals surface area contributed by atoms with Gasteiger partial charge >= 0.3 is 6.09 Å². The molecule has 2 N–H and O–H groups in total. The Morgan fingerprint density at radius 3 is 2.44 bits per heavy atom. The fraction of sp³-hybridized carbons (Fsp3) is 0.250. The first-order valence-corrected chi connectivity index (χ1v) is 8.19. The standard InChI is InChI=1S/C20H20N2O5/c1-20(2,3)27-19(24)21-17-11-16(13-23)15(12-18(17)22(25)26)10-9-14-7-5-4-6-8-14/h4-8,11-12,23H,13H2,1-3H3,(H,21,24). The smallest absolute Gasteiger partial charge is 0.412 e. The van der Waals surface area contributed by atoms with E-state index in [1.807, 2.05) is 18.2 Å². The molecule has 0 saturated carbocycles. The van der Waals surface area contributed by atoms with Crippen LogP contribution in [0.5, 0.6) is 0 Å². The summed E-state index contributed by atoms with van der Waals surface area (Å²) in [5, 5.41) is 23.4. The number of aliphatic hydroxyl groups excluding tert-OH is 1. The highest BCUT2D eigenvalue weighted by molar-refractivity contribution is 5.88. The van der Waals surface area contributed by atoms with E-state index >= 15 is 0 Å². The Balaban J connectivity index is 2.41. The quantitative estimate of drug-likeness (QED) is 0.487. The Kier molecular flexibility index (Phi) is 6.16. The van der Waals surface area contributed by atoms with Crippen molar-refractivity contribution in [2.45, 2.75) is 33.0 Å². The number of nitrogens with zero attached hydrogens (tertiary/aromatic N) is 1. The zero-order valence-electron chi connectivity index (χ0n) is 15.3. The maximum absolute atomic E-state index is 12.0. The van der Waals surface area contributed by atoms with Crippen LogP contribution in [0, 0.1) is 22.0 Å². The Bertz CT molecular complexity index is 906. The topological polar surface area (TPSA) is 102 Å². The number of aliphatic hydroxyl groups is 1. The SMILES string of the molecule is CC(C)(C)OC(=O)Nc1cc(CO)c(C#Cc2ccccc2)cc1[N+](=O)[O-]. The molecule has 2 rings (SSSR count). The van der Waals surface area contributed by atoms with Gasteiger partial charge in [0.25, 0.3) is 5.69 Å². The van der Waals surface area contributed by atoms with E-state index < -0.39 is 16.6 Å². The lowest BCUT2D eigenvalue weighted by Crippen LogP contribution is -2.27. The van der Waals surface area contributed by atoms with Gasteiger partial charge in [0.1, 0.15) is 11.3 Å². The first-order chi connectivity index (χ1) is 12.7. The molecule has 140 valence electrons. The third-order valence-corrected chi connectivity index (χ3v) is 3.34. The average Bonchev–Trinajstić information content (AvgIpc) is 2.59. The number of carbonyl (C=O) groups excluding carboxylic acids is 1. The monoisotopic (exact) mass is 368 g/mol. The van der Waals surface area contributed by atoms with Gasteiger partial charge in [-0.2, -0.15) is 0 Å². The Hall–Kier alpha value is -3.37. The molecular weight excluding hydrogens is 348 g/mol. The zero-order chi connectivity index (χ0) is 20.0. The lowest BCUT2D eigenvalue weighted by atomic mass is 10.0. The van der Waals surface area contributed by atoms with Crippen molar-refractivity contribution >= 4 is 17.5 Å². The number of benzene rings is 2. The summed E-state index contributed by atoms with van der Waals surface area (Å²) < 4.78 is 5.12. The van der Waals surface area contributed by atoms with Crippen LogP contribution in [0.1, 0.15) is 37.5 Å². The lowest BCUT2D eigenvalue weighted by molar-refractivity contribution is -0.384. The van der Waals surface area contributed by atoms with Crippen LogP contribution in [-0.4, -0.2) is 21.7 Å². The van der Waals surface area contributed by atoms with Crippen LogP contribution in [0.4, 0.5) is 16.2 Å². The van der Waals surface area contributed by atoms with Crippen molar-refractivity contribution in [1.82, 2.24) is 0 Å². The molecule has 0 aliphatic carbocycles. The van der Waals surface area contributed by atoms with Gasteiger partial charge in [0, 0.05) is 17.2 Å². The molecule has 2 aromatic rings. The van der Waals surface area contributed by atoms with Crippen molar-refractivity contribution < 1.29 is 19.6 Å². The van der Waals surface area contributed by atoms with Crippen molar-refractivity contribution in [1.29, 1.82) is 0 Å². The summed E-state index contributed by atoms with van der Waals surface area (Å²) in [6.07, 6.45) is -0.822. The molecule has 27 heavy (non-hydrogen) atoms. The van der Waals surface area contributed by atoms with Crippen LogP contribution in [0.15, 0.2) is 42.5 Å². The zero-order valence-corrected chi connectivity index (χ0v) is 15.3. The molecule has 0 fully saturated rings. The number of carbonyl (C=O) groups is 1. The van der Waals surface area contributed by atoms with E-state index in [2.05, 4.69) is 17.2 Å². The van der Waals surface area contributed by atoms with Crippen LogP contribution in [0.25, 0.3) is 0 Å². The average molecular weight is 368 g/mol. The molecule has 7 heteroatoms. The molecule has 1 amide bonds. The largest absolute Gasteiger partial charge is 0.444 e. The predicted molar refractivity (Wildman–Crippen MR) is 101 cm³/mol. The molecule has 0 aliphatic heterocycles. The number of rotatable bonds is 3. The van der Waals surface area contributed by atoms with Gasteiger partial charge in [-0.25, -0.2) is 4.79 Å². The van der Waals surface area contributed by atoms with Crippen LogP contribution in [-0.2, 0) is 11.3 Å². The third-order valence-electron chi connectivity index (χ3n) is 3.34. The Morgan fingerprint density at radius 1 is 1.22 bits per heavy atom. The molecule has 0 saturated heterocycles. The van der Waals surface area contributed by atoms with Crippen molar-refractivity contribution in [2.75, 3.05) is 5.32 Å². The highest BCUT2D eigenvalue weighted by Gasteiger charge is 2.22. The van der Waals surface area contributed by atoms with E-state index in [1.54, 1.807) is 32.9 Å². The van der Waals surface area contributed by atoms with Gasteiger partial charge in [-0.05, 0) is 44.5 Å². The Morgan fingerprint density at radius 2 is 1.89 bits per heavy atom. The summed E-state index contributed by atoms with van der Waals surface area (Å²) >= 11 is 0. The first kappa shape index (κ1) is 19.9. The van der Waals surface area contributed by atoms with Crippen molar-refractivity contribution in [3.8, 4) is 11.8 Å². The lowest BCUT2D eigenvalue weighted by Gasteiger charge is -2.19. The molecule has 0 aliphatic rings. The van der Waals surface area contributed by atoms with Gasteiger partial charge in [0.05, 0.1) is 11.5 Å². The summed E-state index contributed by atoms with van der Waals surface area (Å²) in [6, 6.07) is 11.7. The normalized spacial score (nSPS) is 10.5. The van der Waals surface area contributed by atoms with Crippen LogP contribution < -0.4 is 5.32 Å². The second-order valence-electron chi connectivity index (χ2n) is 6.68. The van der Waals surface area contributed by atoms with Gasteiger partial charge in [-0.15, -0.1) is 0 Å². The summed E-state index contributed by atoms with van der Waals surface area (Å²) in [6.45, 7) is 4.66. The van der Waals surface area contributed by atoms with E-state index in [1.165, 1.54) is 12.1 Å². The van der Waals surface area contributed by atoms with Gasteiger partial charge < -0.3 is 9.84 Å². The summed E-state index contributed by atoms with van der Waals surface area (Å²) in [5.41, 5.74) is 0.247. The molecule has 2 aromatic carbocycles. The number of nitro groups is 1. The van der Waals surface area contributed by atoms with Crippen LogP contribution >= 0.6 is 0 Å². The van der Waals surface area contributed by atoms with E-state index in [9.17, 15) is 20.0 Å². The van der Waals surface area contributed by atoms with Crippen molar-refractivity contribution in [3.05, 3.63) is 69.3 Å². The number of ether oxygens (including phenoxy) is 1. The number of nitrogens with one attached hydrogen (secondary N) is 1. The van der Waals surface area contributed by atoms with Gasteiger partial charge in [-0.1, -0.05) is 30.0 Å². The maximum Gasteiger partial charge on any atom is 0.412 e. The number of anilines is 1. The predicted octanol–water partition coefficient (Wildman–Crippen LogP) is 3.83. The van der Waals surface area contributed by atoms with E-state index in [4.69, 9.17) is 4.74 Å². The number of hydrogen-bond donors (Lipinski definition) is 2. The minimum atomic E-state index is -0.822. The number of hydrogen-bond acceptors (Lipinski definition) is 5. The van der Waals surface area contributed by atoms with Crippen molar-refractivity contribution in [3.63, 3.8) is 0 Å². The fourth-order valence-electron chi connectivity index (χ4n) is 2.21. The summed E-state index contributed by atoms with van der Waals surface area (Å²) in [4.78, 5) is 22.7. The minimum Gasteiger partial charge on any atom is -0.444 e. The Labute approximate surface area is 157 Å². The van der Waals surface area contributed by atoms with E-state index in [-0.39, 0.29) is 18.0 Å². The highest BCUT2D eigenvalue weighted by atomic mass is 16.6. The van der Waals surface area contributed by atoms with Gasteiger partial charge in [0.2, 0.25) is 0 Å². The van der Waals surface area contributed by atoms with Gasteiger partial charge in [0.15, 0.2) is 0 Å². The van der Waals surface area contributed by atoms with E-state index in [0.717, 1.165) is 5.56 Å². The molecule has 0 aromatic heterocycles. The van der Waals surface area contributed by atoms with Crippen LogP contribution in [0.2, 0.25) is 0 Å². The molecule has 0 atom stereocenters. The van der Waals surface area contributed by atoms with Gasteiger partial charge in [-0.3, -0.25) is 15.4 Å². The molecule has 0 heterocycles. The second kappa shape index (κ2) is 8.34. The molecule has 0 spiro atoms. The molecule has 0 bridgehead atoms. The second-order valence-corrected chi connectivity index (χ2v) is 6.68. The molecular formula is C20H20N2O5.